The Labute approximate surface area is 86.4 Å². The molecule has 0 aliphatic heterocycles. The number of hydrogen-bond acceptors (Lipinski definition) is 5. The molecule has 0 aliphatic carbocycles. The summed E-state index contributed by atoms with van der Waals surface area (Å²) in [6, 6.07) is 0. The zero-order chi connectivity index (χ0) is 11.4. The molecule has 0 saturated heterocycles. The standard InChI is InChI=1S/C8H13N3O4/c1-3-6(2)15-8-7(11(13)14)4-9-10(8)5-12/h4,6,12H,3,5H2,1-2H3/t6-/m0/s1. The smallest absolute Gasteiger partial charge is 0.350 e. The first kappa shape index (κ1) is 11.4. The Hall–Kier alpha value is -1.63. The molecule has 1 aromatic rings. The van der Waals surface area contributed by atoms with E-state index in [1.807, 2.05) is 6.92 Å². The molecule has 0 aromatic carbocycles. The highest BCUT2D eigenvalue weighted by Crippen LogP contribution is 2.27. The zero-order valence-electron chi connectivity index (χ0n) is 8.58. The molecule has 7 heteroatoms. The van der Waals surface area contributed by atoms with Gasteiger partial charge in [0, 0.05) is 0 Å². The lowest BCUT2D eigenvalue weighted by molar-refractivity contribution is -0.386. The first-order chi connectivity index (χ1) is 7.10. The maximum atomic E-state index is 10.6. The fraction of sp³-hybridized carbons (Fsp3) is 0.625. The van der Waals surface area contributed by atoms with Crippen LogP contribution in [0.4, 0.5) is 5.69 Å². The summed E-state index contributed by atoms with van der Waals surface area (Å²) in [5.41, 5.74) is -0.232. The molecule has 1 aromatic heterocycles. The van der Waals surface area contributed by atoms with Gasteiger partial charge in [0.25, 0.3) is 5.88 Å². The Morgan fingerprint density at radius 2 is 2.47 bits per heavy atom. The van der Waals surface area contributed by atoms with E-state index < -0.39 is 11.7 Å². The highest BCUT2D eigenvalue weighted by atomic mass is 16.6. The summed E-state index contributed by atoms with van der Waals surface area (Å²) < 4.78 is 6.36. The summed E-state index contributed by atoms with van der Waals surface area (Å²) in [5.74, 6) is -0.00292. The van der Waals surface area contributed by atoms with Crippen LogP contribution in [-0.4, -0.2) is 25.9 Å². The molecule has 0 aliphatic rings. The number of ether oxygens (including phenoxy) is 1. The van der Waals surface area contributed by atoms with Gasteiger partial charge >= 0.3 is 5.69 Å². The van der Waals surface area contributed by atoms with Crippen molar-refractivity contribution in [2.24, 2.45) is 0 Å². The molecule has 0 unspecified atom stereocenters. The van der Waals surface area contributed by atoms with E-state index in [0.29, 0.717) is 6.42 Å². The third kappa shape index (κ3) is 2.44. The van der Waals surface area contributed by atoms with Crippen molar-refractivity contribution in [3.8, 4) is 5.88 Å². The maximum absolute atomic E-state index is 10.6. The molecule has 15 heavy (non-hydrogen) atoms. The topological polar surface area (TPSA) is 90.4 Å². The molecule has 7 nitrogen and oxygen atoms in total. The average Bonchev–Trinajstić information content (AvgIpc) is 2.60. The van der Waals surface area contributed by atoms with Crippen LogP contribution >= 0.6 is 0 Å². The van der Waals surface area contributed by atoms with E-state index in [9.17, 15) is 10.1 Å². The monoisotopic (exact) mass is 215 g/mol. The van der Waals surface area contributed by atoms with Crippen LogP contribution < -0.4 is 4.74 Å². The van der Waals surface area contributed by atoms with Crippen LogP contribution in [-0.2, 0) is 6.73 Å². The second-order valence-corrected chi connectivity index (χ2v) is 3.07. The Morgan fingerprint density at radius 1 is 1.80 bits per heavy atom. The van der Waals surface area contributed by atoms with Gasteiger partial charge in [-0.05, 0) is 13.3 Å². The number of nitro groups is 1. The maximum Gasteiger partial charge on any atom is 0.350 e. The normalized spacial score (nSPS) is 12.5. The van der Waals surface area contributed by atoms with Gasteiger partial charge in [0.1, 0.15) is 12.9 Å². The van der Waals surface area contributed by atoms with Gasteiger partial charge in [0.05, 0.1) is 11.0 Å². The molecular formula is C8H13N3O4. The number of nitrogens with zero attached hydrogens (tertiary/aromatic N) is 3. The van der Waals surface area contributed by atoms with E-state index in [-0.39, 0.29) is 17.7 Å². The number of aromatic nitrogens is 2. The van der Waals surface area contributed by atoms with Gasteiger partial charge in [0.2, 0.25) is 0 Å². The van der Waals surface area contributed by atoms with Crippen molar-refractivity contribution in [3.63, 3.8) is 0 Å². The van der Waals surface area contributed by atoms with Gasteiger partial charge in [-0.15, -0.1) is 0 Å². The fourth-order valence-electron chi connectivity index (χ4n) is 0.985. The summed E-state index contributed by atoms with van der Waals surface area (Å²) in [7, 11) is 0. The van der Waals surface area contributed by atoms with Crippen LogP contribution in [0, 0.1) is 10.1 Å². The van der Waals surface area contributed by atoms with E-state index in [4.69, 9.17) is 9.84 Å². The minimum absolute atomic E-state index is 0.00292. The van der Waals surface area contributed by atoms with E-state index in [1.165, 1.54) is 0 Å². The molecule has 1 rings (SSSR count). The second-order valence-electron chi connectivity index (χ2n) is 3.07. The van der Waals surface area contributed by atoms with E-state index in [2.05, 4.69) is 5.10 Å². The van der Waals surface area contributed by atoms with Crippen LogP contribution in [0.1, 0.15) is 20.3 Å². The van der Waals surface area contributed by atoms with Crippen molar-refractivity contribution >= 4 is 5.69 Å². The van der Waals surface area contributed by atoms with Crippen molar-refractivity contribution < 1.29 is 14.8 Å². The molecule has 1 N–H and O–H groups in total. The van der Waals surface area contributed by atoms with Gasteiger partial charge in [-0.3, -0.25) is 10.1 Å². The summed E-state index contributed by atoms with van der Waals surface area (Å²) in [5, 5.41) is 23.2. The van der Waals surface area contributed by atoms with Crippen molar-refractivity contribution in [1.82, 2.24) is 9.78 Å². The van der Waals surface area contributed by atoms with Crippen LogP contribution in [0.15, 0.2) is 6.20 Å². The molecule has 1 heterocycles. The first-order valence-corrected chi connectivity index (χ1v) is 4.57. The number of rotatable bonds is 5. The molecule has 0 saturated carbocycles. The highest BCUT2D eigenvalue weighted by Gasteiger charge is 2.23. The predicted molar refractivity (Wildman–Crippen MR) is 51.5 cm³/mol. The van der Waals surface area contributed by atoms with E-state index in [1.54, 1.807) is 6.92 Å². The lowest BCUT2D eigenvalue weighted by atomic mass is 10.3. The van der Waals surface area contributed by atoms with Crippen LogP contribution in [0.25, 0.3) is 0 Å². The Kier molecular flexibility index (Phi) is 3.62. The molecule has 0 radical (unpaired) electrons. The SMILES string of the molecule is CC[C@H](C)Oc1c([N+](=O)[O-])cnn1CO. The minimum atomic E-state index is -0.586. The third-order valence-electron chi connectivity index (χ3n) is 1.99. The summed E-state index contributed by atoms with van der Waals surface area (Å²) in [4.78, 5) is 10.0. The molecule has 0 spiro atoms. The van der Waals surface area contributed by atoms with Crippen LogP contribution in [0.3, 0.4) is 0 Å². The lowest BCUT2D eigenvalue weighted by Crippen LogP contribution is -2.14. The number of aliphatic hydroxyl groups excluding tert-OH is 1. The predicted octanol–water partition coefficient (Wildman–Crippen LogP) is 0.918. The lowest BCUT2D eigenvalue weighted by Gasteiger charge is -2.11. The molecule has 1 atom stereocenters. The average molecular weight is 215 g/mol. The number of hydrogen-bond donors (Lipinski definition) is 1. The molecule has 84 valence electrons. The van der Waals surface area contributed by atoms with Crippen LogP contribution in [0.5, 0.6) is 5.88 Å². The van der Waals surface area contributed by atoms with Gasteiger partial charge in [-0.25, -0.2) is 4.68 Å². The van der Waals surface area contributed by atoms with E-state index in [0.717, 1.165) is 10.9 Å². The minimum Gasteiger partial charge on any atom is -0.470 e. The zero-order valence-corrected chi connectivity index (χ0v) is 8.58. The molecule has 0 fully saturated rings. The quantitative estimate of drug-likeness (QED) is 0.582. The van der Waals surface area contributed by atoms with Crippen molar-refractivity contribution in [3.05, 3.63) is 16.3 Å². The Balaban J connectivity index is 2.99. The van der Waals surface area contributed by atoms with E-state index >= 15 is 0 Å². The van der Waals surface area contributed by atoms with Gasteiger partial charge in [0.15, 0.2) is 0 Å². The Bertz CT molecular complexity index is 350. The van der Waals surface area contributed by atoms with Gasteiger partial charge in [-0.2, -0.15) is 5.10 Å². The number of aliphatic hydroxyl groups is 1. The molecule has 0 amide bonds. The summed E-state index contributed by atoms with van der Waals surface area (Å²) in [6.45, 7) is 3.24. The molecular weight excluding hydrogens is 202 g/mol. The van der Waals surface area contributed by atoms with Crippen LogP contribution in [0.2, 0.25) is 0 Å². The van der Waals surface area contributed by atoms with Gasteiger partial charge in [-0.1, -0.05) is 6.92 Å². The largest absolute Gasteiger partial charge is 0.470 e. The molecule has 0 bridgehead atoms. The summed E-state index contributed by atoms with van der Waals surface area (Å²) in [6.07, 6.45) is 1.62. The highest BCUT2D eigenvalue weighted by molar-refractivity contribution is 5.39. The van der Waals surface area contributed by atoms with Crippen molar-refractivity contribution in [2.45, 2.75) is 33.1 Å². The Morgan fingerprint density at radius 3 is 2.93 bits per heavy atom. The van der Waals surface area contributed by atoms with Crippen molar-refractivity contribution in [2.75, 3.05) is 0 Å². The van der Waals surface area contributed by atoms with Gasteiger partial charge < -0.3 is 9.84 Å². The van der Waals surface area contributed by atoms with Crippen molar-refractivity contribution in [1.29, 1.82) is 0 Å². The summed E-state index contributed by atoms with van der Waals surface area (Å²) >= 11 is 0. The first-order valence-electron chi connectivity index (χ1n) is 4.57. The fourth-order valence-corrected chi connectivity index (χ4v) is 0.985. The second kappa shape index (κ2) is 4.74. The third-order valence-corrected chi connectivity index (χ3v) is 1.99.